The van der Waals surface area contributed by atoms with Crippen molar-refractivity contribution >= 4 is 16.9 Å². The molecule has 0 spiro atoms. The van der Waals surface area contributed by atoms with Crippen molar-refractivity contribution in [2.75, 3.05) is 0 Å². The van der Waals surface area contributed by atoms with Crippen molar-refractivity contribution < 1.29 is 9.21 Å². The highest BCUT2D eigenvalue weighted by Crippen LogP contribution is 2.26. The first-order valence-corrected chi connectivity index (χ1v) is 6.36. The van der Waals surface area contributed by atoms with Gasteiger partial charge in [0.2, 0.25) is 0 Å². The van der Waals surface area contributed by atoms with Gasteiger partial charge in [0.25, 0.3) is 5.91 Å². The lowest BCUT2D eigenvalue weighted by Gasteiger charge is -2.01. The second kappa shape index (κ2) is 4.81. The number of amides is 1. The number of hydrogen-bond acceptors (Lipinski definition) is 3. The summed E-state index contributed by atoms with van der Waals surface area (Å²) >= 11 is 0. The molecule has 0 aliphatic carbocycles. The average molecular weight is 266 g/mol. The van der Waals surface area contributed by atoms with Crippen LogP contribution in [0, 0.1) is 6.92 Å². The third kappa shape index (κ3) is 2.16. The number of furan rings is 1. The Morgan fingerprint density at radius 2 is 2.15 bits per heavy atom. The quantitative estimate of drug-likeness (QED) is 0.792. The van der Waals surface area contributed by atoms with Crippen molar-refractivity contribution in [3.05, 3.63) is 65.2 Å². The predicted octanol–water partition coefficient (Wildman–Crippen LogP) is 2.83. The van der Waals surface area contributed by atoms with E-state index in [0.717, 1.165) is 28.5 Å². The van der Waals surface area contributed by atoms with Crippen LogP contribution in [0.1, 0.15) is 27.2 Å². The molecule has 2 aromatic heterocycles. The molecule has 3 rings (SSSR count). The Balaban J connectivity index is 2.02. The van der Waals surface area contributed by atoms with Crippen LogP contribution in [-0.2, 0) is 6.42 Å². The van der Waals surface area contributed by atoms with Crippen LogP contribution in [0.15, 0.2) is 47.1 Å². The minimum absolute atomic E-state index is 0.235. The van der Waals surface area contributed by atoms with Gasteiger partial charge in [0.05, 0.1) is 0 Å². The van der Waals surface area contributed by atoms with Gasteiger partial charge in [-0.3, -0.25) is 9.78 Å². The van der Waals surface area contributed by atoms with Crippen LogP contribution >= 0.6 is 0 Å². The Kier molecular flexibility index (Phi) is 2.99. The zero-order chi connectivity index (χ0) is 14.1. The monoisotopic (exact) mass is 266 g/mol. The summed E-state index contributed by atoms with van der Waals surface area (Å²) < 4.78 is 5.48. The summed E-state index contributed by atoms with van der Waals surface area (Å²) in [5.74, 6) is -0.300. The molecule has 0 aliphatic heterocycles. The van der Waals surface area contributed by atoms with E-state index in [2.05, 4.69) is 4.98 Å². The van der Waals surface area contributed by atoms with Crippen molar-refractivity contribution in [3.8, 4) is 0 Å². The van der Waals surface area contributed by atoms with Gasteiger partial charge in [0.15, 0.2) is 5.76 Å². The first kappa shape index (κ1) is 12.4. The average Bonchev–Trinajstić information content (AvgIpc) is 2.77. The molecule has 0 fully saturated rings. The second-order valence-electron chi connectivity index (χ2n) is 4.79. The summed E-state index contributed by atoms with van der Waals surface area (Å²) in [4.78, 5) is 15.4. The van der Waals surface area contributed by atoms with Crippen molar-refractivity contribution in [3.63, 3.8) is 0 Å². The number of aromatic nitrogens is 1. The molecule has 0 atom stereocenters. The van der Waals surface area contributed by atoms with Gasteiger partial charge in [-0.05, 0) is 42.7 Å². The lowest BCUT2D eigenvalue weighted by atomic mass is 10.0. The molecule has 2 N–H and O–H groups in total. The lowest BCUT2D eigenvalue weighted by Crippen LogP contribution is -2.10. The standard InChI is InChI=1S/C16H14N2O2/c1-10-13-8-11(7-12-3-2-6-18-9-12)4-5-14(13)20-15(10)16(17)19/h2-6,8-9H,7H2,1H3,(H2,17,19). The van der Waals surface area contributed by atoms with Crippen molar-refractivity contribution in [2.45, 2.75) is 13.3 Å². The molecule has 1 amide bonds. The summed E-state index contributed by atoms with van der Waals surface area (Å²) in [7, 11) is 0. The number of aryl methyl sites for hydroxylation is 1. The molecule has 0 radical (unpaired) electrons. The van der Waals surface area contributed by atoms with E-state index in [1.165, 1.54) is 0 Å². The van der Waals surface area contributed by atoms with Gasteiger partial charge >= 0.3 is 0 Å². The number of pyridine rings is 1. The summed E-state index contributed by atoms with van der Waals surface area (Å²) in [6.45, 7) is 1.85. The topological polar surface area (TPSA) is 69.1 Å². The van der Waals surface area contributed by atoms with Gasteiger partial charge in [-0.25, -0.2) is 0 Å². The Morgan fingerprint density at radius 1 is 1.30 bits per heavy atom. The summed E-state index contributed by atoms with van der Waals surface area (Å²) in [5, 5.41) is 0.931. The van der Waals surface area contributed by atoms with Crippen LogP contribution in [0.3, 0.4) is 0 Å². The van der Waals surface area contributed by atoms with Crippen LogP contribution in [0.4, 0.5) is 0 Å². The molecule has 3 aromatic rings. The van der Waals surface area contributed by atoms with E-state index in [-0.39, 0.29) is 5.76 Å². The Labute approximate surface area is 116 Å². The molecular weight excluding hydrogens is 252 g/mol. The Hall–Kier alpha value is -2.62. The van der Waals surface area contributed by atoms with Gasteiger partial charge < -0.3 is 10.2 Å². The van der Waals surface area contributed by atoms with Crippen LogP contribution in [-0.4, -0.2) is 10.9 Å². The molecule has 2 heterocycles. The van der Waals surface area contributed by atoms with Crippen molar-refractivity contribution in [1.82, 2.24) is 4.98 Å². The second-order valence-corrected chi connectivity index (χ2v) is 4.79. The van der Waals surface area contributed by atoms with Gasteiger partial charge in [-0.15, -0.1) is 0 Å². The summed E-state index contributed by atoms with van der Waals surface area (Å²) in [5.41, 5.74) is 9.06. The number of carbonyl (C=O) groups excluding carboxylic acids is 1. The van der Waals surface area contributed by atoms with E-state index >= 15 is 0 Å². The Morgan fingerprint density at radius 3 is 2.85 bits per heavy atom. The summed E-state index contributed by atoms with van der Waals surface area (Å²) in [6.07, 6.45) is 4.40. The smallest absolute Gasteiger partial charge is 0.284 e. The van der Waals surface area contributed by atoms with Gasteiger partial charge in [-0.1, -0.05) is 12.1 Å². The molecule has 100 valence electrons. The zero-order valence-electron chi connectivity index (χ0n) is 11.1. The Bertz CT molecular complexity index is 776. The van der Waals surface area contributed by atoms with E-state index in [4.69, 9.17) is 10.2 Å². The van der Waals surface area contributed by atoms with Gasteiger partial charge in [0.1, 0.15) is 5.58 Å². The highest BCUT2D eigenvalue weighted by Gasteiger charge is 2.15. The predicted molar refractivity (Wildman–Crippen MR) is 76.5 cm³/mol. The fraction of sp³-hybridized carbons (Fsp3) is 0.125. The zero-order valence-corrected chi connectivity index (χ0v) is 11.1. The fourth-order valence-corrected chi connectivity index (χ4v) is 2.35. The highest BCUT2D eigenvalue weighted by atomic mass is 16.3. The normalized spacial score (nSPS) is 10.8. The number of hydrogen-bond donors (Lipinski definition) is 1. The van der Waals surface area contributed by atoms with Crippen LogP contribution < -0.4 is 5.73 Å². The van der Waals surface area contributed by atoms with Gasteiger partial charge in [0, 0.05) is 23.3 Å². The highest BCUT2D eigenvalue weighted by molar-refractivity contribution is 5.98. The number of fused-ring (bicyclic) bond motifs is 1. The number of nitrogens with zero attached hydrogens (tertiary/aromatic N) is 1. The third-order valence-corrected chi connectivity index (χ3v) is 3.36. The SMILES string of the molecule is Cc1c(C(N)=O)oc2ccc(Cc3cccnc3)cc12. The molecule has 4 nitrogen and oxygen atoms in total. The molecule has 0 saturated carbocycles. The third-order valence-electron chi connectivity index (χ3n) is 3.36. The van der Waals surface area contributed by atoms with E-state index in [1.807, 2.05) is 43.5 Å². The van der Waals surface area contributed by atoms with Crippen molar-refractivity contribution in [2.24, 2.45) is 5.73 Å². The first-order valence-electron chi connectivity index (χ1n) is 6.36. The van der Waals surface area contributed by atoms with E-state index in [1.54, 1.807) is 6.20 Å². The largest absolute Gasteiger partial charge is 0.451 e. The van der Waals surface area contributed by atoms with Gasteiger partial charge in [-0.2, -0.15) is 0 Å². The number of benzene rings is 1. The molecule has 0 unspecified atom stereocenters. The van der Waals surface area contributed by atoms with Crippen LogP contribution in [0.5, 0.6) is 0 Å². The minimum Gasteiger partial charge on any atom is -0.451 e. The molecule has 1 aromatic carbocycles. The summed E-state index contributed by atoms with van der Waals surface area (Å²) in [6, 6.07) is 9.85. The molecular formula is C16H14N2O2. The molecule has 20 heavy (non-hydrogen) atoms. The number of nitrogens with two attached hydrogens (primary N) is 1. The molecule has 4 heteroatoms. The fourth-order valence-electron chi connectivity index (χ4n) is 2.35. The van der Waals surface area contributed by atoms with Crippen LogP contribution in [0.2, 0.25) is 0 Å². The molecule has 0 aliphatic rings. The van der Waals surface area contributed by atoms with E-state index in [0.29, 0.717) is 5.58 Å². The maximum absolute atomic E-state index is 11.3. The molecule has 0 bridgehead atoms. The van der Waals surface area contributed by atoms with Crippen LogP contribution in [0.25, 0.3) is 11.0 Å². The maximum Gasteiger partial charge on any atom is 0.284 e. The maximum atomic E-state index is 11.3. The van der Waals surface area contributed by atoms with E-state index < -0.39 is 5.91 Å². The number of rotatable bonds is 3. The first-order chi connectivity index (χ1) is 9.65. The van der Waals surface area contributed by atoms with Crippen molar-refractivity contribution in [1.29, 1.82) is 0 Å². The number of carbonyl (C=O) groups is 1. The molecule has 0 saturated heterocycles. The van der Waals surface area contributed by atoms with E-state index in [9.17, 15) is 4.79 Å². The lowest BCUT2D eigenvalue weighted by molar-refractivity contribution is 0.0975. The minimum atomic E-state index is -0.535. The number of primary amides is 1.